The van der Waals surface area contributed by atoms with Crippen LogP contribution in [0.4, 0.5) is 4.39 Å². The van der Waals surface area contributed by atoms with Crippen LogP contribution in [0.2, 0.25) is 0 Å². The first-order valence-electron chi connectivity index (χ1n) is 5.26. The normalized spacial score (nSPS) is 14.4. The van der Waals surface area contributed by atoms with Gasteiger partial charge in [0.1, 0.15) is 5.82 Å². The quantitative estimate of drug-likeness (QED) is 0.775. The van der Waals surface area contributed by atoms with Gasteiger partial charge in [-0.1, -0.05) is 6.07 Å². The van der Waals surface area contributed by atoms with Crippen LogP contribution in [0.3, 0.4) is 0 Å². The number of likely N-dealkylation sites (N-methyl/N-ethyl adjacent to an activating group) is 1. The molecule has 2 rings (SSSR count). The molecular formula is C12H16FN. The molecule has 0 unspecified atom stereocenters. The number of halogens is 1. The van der Waals surface area contributed by atoms with Crippen LogP contribution in [-0.2, 0) is 19.3 Å². The number of benzene rings is 1. The van der Waals surface area contributed by atoms with Crippen molar-refractivity contribution in [2.45, 2.75) is 25.7 Å². The van der Waals surface area contributed by atoms with Crippen LogP contribution in [0.25, 0.3) is 0 Å². The van der Waals surface area contributed by atoms with E-state index in [1.807, 2.05) is 7.05 Å². The highest BCUT2D eigenvalue weighted by Gasteiger charge is 2.14. The number of fused-ring (bicyclic) bond motifs is 1. The van der Waals surface area contributed by atoms with E-state index in [1.165, 1.54) is 17.5 Å². The number of hydrogen-bond acceptors (Lipinski definition) is 1. The van der Waals surface area contributed by atoms with Crippen LogP contribution < -0.4 is 5.32 Å². The molecule has 0 radical (unpaired) electrons. The summed E-state index contributed by atoms with van der Waals surface area (Å²) in [5, 5.41) is 3.04. The van der Waals surface area contributed by atoms with Gasteiger partial charge in [0.05, 0.1) is 0 Å². The molecule has 0 aliphatic heterocycles. The zero-order chi connectivity index (χ0) is 9.97. The van der Waals surface area contributed by atoms with Crippen molar-refractivity contribution in [1.29, 1.82) is 0 Å². The largest absolute Gasteiger partial charge is 0.319 e. The molecule has 1 aromatic carbocycles. The Kier molecular flexibility index (Phi) is 2.82. The molecule has 0 saturated heterocycles. The fraction of sp³-hybridized carbons (Fsp3) is 0.500. The maximum absolute atomic E-state index is 13.5. The standard InChI is InChI=1S/C12H16FN/c1-14-6-5-11-7-9-3-2-4-10(9)8-12(11)13/h7-8,14H,2-6H2,1H3. The fourth-order valence-corrected chi connectivity index (χ4v) is 2.10. The van der Waals surface area contributed by atoms with Gasteiger partial charge < -0.3 is 5.32 Å². The van der Waals surface area contributed by atoms with E-state index in [1.54, 1.807) is 6.07 Å². The number of aryl methyl sites for hydroxylation is 2. The molecule has 1 aliphatic rings. The molecule has 0 saturated carbocycles. The molecule has 0 heterocycles. The molecule has 1 nitrogen and oxygen atoms in total. The third-order valence-electron chi connectivity index (χ3n) is 2.91. The average molecular weight is 193 g/mol. The Morgan fingerprint density at radius 3 is 2.71 bits per heavy atom. The van der Waals surface area contributed by atoms with Crippen molar-refractivity contribution in [3.8, 4) is 0 Å². The van der Waals surface area contributed by atoms with Crippen LogP contribution in [-0.4, -0.2) is 13.6 Å². The van der Waals surface area contributed by atoms with Gasteiger partial charge in [0, 0.05) is 0 Å². The SMILES string of the molecule is CNCCc1cc2c(cc1F)CCC2. The predicted octanol–water partition coefficient (Wildman–Crippen LogP) is 2.08. The van der Waals surface area contributed by atoms with Crippen molar-refractivity contribution in [1.82, 2.24) is 5.32 Å². The summed E-state index contributed by atoms with van der Waals surface area (Å²) in [6.07, 6.45) is 4.15. The van der Waals surface area contributed by atoms with Crippen molar-refractivity contribution in [2.75, 3.05) is 13.6 Å². The second kappa shape index (κ2) is 4.09. The monoisotopic (exact) mass is 193 g/mol. The third kappa shape index (κ3) is 1.80. The zero-order valence-electron chi connectivity index (χ0n) is 8.57. The van der Waals surface area contributed by atoms with Gasteiger partial charge in [-0.2, -0.15) is 0 Å². The molecule has 0 bridgehead atoms. The Balaban J connectivity index is 2.23. The minimum atomic E-state index is -0.0269. The molecule has 14 heavy (non-hydrogen) atoms. The van der Waals surface area contributed by atoms with Crippen molar-refractivity contribution < 1.29 is 4.39 Å². The van der Waals surface area contributed by atoms with Crippen LogP contribution >= 0.6 is 0 Å². The lowest BCUT2D eigenvalue weighted by atomic mass is 10.0. The molecule has 1 aliphatic carbocycles. The maximum Gasteiger partial charge on any atom is 0.126 e. The van der Waals surface area contributed by atoms with Crippen molar-refractivity contribution in [2.24, 2.45) is 0 Å². The van der Waals surface area contributed by atoms with Gasteiger partial charge in [0.2, 0.25) is 0 Å². The lowest BCUT2D eigenvalue weighted by Gasteiger charge is -2.06. The fourth-order valence-electron chi connectivity index (χ4n) is 2.10. The minimum absolute atomic E-state index is 0.0269. The Bertz CT molecular complexity index is 333. The first kappa shape index (κ1) is 9.66. The summed E-state index contributed by atoms with van der Waals surface area (Å²) < 4.78 is 13.5. The second-order valence-electron chi connectivity index (χ2n) is 3.92. The molecule has 1 N–H and O–H groups in total. The van der Waals surface area contributed by atoms with Gasteiger partial charge in [-0.25, -0.2) is 4.39 Å². The number of nitrogens with one attached hydrogen (secondary N) is 1. The highest BCUT2D eigenvalue weighted by molar-refractivity contribution is 5.36. The van der Waals surface area contributed by atoms with Gasteiger partial charge in [-0.05, 0) is 62.0 Å². The lowest BCUT2D eigenvalue weighted by Crippen LogP contribution is -2.11. The molecule has 76 valence electrons. The summed E-state index contributed by atoms with van der Waals surface area (Å²) >= 11 is 0. The van der Waals surface area contributed by atoms with E-state index >= 15 is 0 Å². The highest BCUT2D eigenvalue weighted by atomic mass is 19.1. The van der Waals surface area contributed by atoms with Gasteiger partial charge in [0.25, 0.3) is 0 Å². The maximum atomic E-state index is 13.5. The van der Waals surface area contributed by atoms with E-state index in [0.717, 1.165) is 31.4 Å². The molecular weight excluding hydrogens is 177 g/mol. The Hall–Kier alpha value is -0.890. The van der Waals surface area contributed by atoms with Crippen molar-refractivity contribution in [3.05, 3.63) is 34.6 Å². The molecule has 0 spiro atoms. The molecule has 0 fully saturated rings. The second-order valence-corrected chi connectivity index (χ2v) is 3.92. The molecule has 1 aromatic rings. The lowest BCUT2D eigenvalue weighted by molar-refractivity contribution is 0.603. The summed E-state index contributed by atoms with van der Waals surface area (Å²) in [6.45, 7) is 0.843. The van der Waals surface area contributed by atoms with E-state index in [2.05, 4.69) is 11.4 Å². The van der Waals surface area contributed by atoms with Crippen LogP contribution in [0.1, 0.15) is 23.1 Å². The average Bonchev–Trinajstić information content (AvgIpc) is 2.61. The van der Waals surface area contributed by atoms with E-state index in [9.17, 15) is 4.39 Å². The number of rotatable bonds is 3. The Morgan fingerprint density at radius 2 is 2.00 bits per heavy atom. The molecule has 0 aromatic heterocycles. The van der Waals surface area contributed by atoms with E-state index in [-0.39, 0.29) is 5.82 Å². The minimum Gasteiger partial charge on any atom is -0.319 e. The zero-order valence-corrected chi connectivity index (χ0v) is 8.57. The topological polar surface area (TPSA) is 12.0 Å². The summed E-state index contributed by atoms with van der Waals surface area (Å²) in [7, 11) is 1.89. The van der Waals surface area contributed by atoms with Gasteiger partial charge in [-0.15, -0.1) is 0 Å². The summed E-state index contributed by atoms with van der Waals surface area (Å²) in [4.78, 5) is 0. The number of hydrogen-bond donors (Lipinski definition) is 1. The Morgan fingerprint density at radius 1 is 1.29 bits per heavy atom. The van der Waals surface area contributed by atoms with E-state index < -0.39 is 0 Å². The predicted molar refractivity (Wildman–Crippen MR) is 56.1 cm³/mol. The highest BCUT2D eigenvalue weighted by Crippen LogP contribution is 2.25. The van der Waals surface area contributed by atoms with Gasteiger partial charge in [0.15, 0.2) is 0 Å². The molecule has 0 amide bonds. The van der Waals surface area contributed by atoms with E-state index in [0.29, 0.717) is 0 Å². The molecule has 2 heteroatoms. The molecule has 0 atom stereocenters. The summed E-state index contributed by atoms with van der Waals surface area (Å²) in [5.41, 5.74) is 3.44. The summed E-state index contributed by atoms with van der Waals surface area (Å²) in [6, 6.07) is 3.78. The summed E-state index contributed by atoms with van der Waals surface area (Å²) in [5.74, 6) is -0.0269. The van der Waals surface area contributed by atoms with Crippen LogP contribution in [0.15, 0.2) is 12.1 Å². The van der Waals surface area contributed by atoms with Crippen molar-refractivity contribution in [3.63, 3.8) is 0 Å². The Labute approximate surface area is 84.3 Å². The van der Waals surface area contributed by atoms with Crippen LogP contribution in [0, 0.1) is 5.82 Å². The van der Waals surface area contributed by atoms with E-state index in [4.69, 9.17) is 0 Å². The van der Waals surface area contributed by atoms with Gasteiger partial charge in [-0.3, -0.25) is 0 Å². The first-order chi connectivity index (χ1) is 6.81. The first-order valence-corrected chi connectivity index (χ1v) is 5.26. The van der Waals surface area contributed by atoms with Gasteiger partial charge >= 0.3 is 0 Å². The third-order valence-corrected chi connectivity index (χ3v) is 2.91. The smallest absolute Gasteiger partial charge is 0.126 e. The van der Waals surface area contributed by atoms with Crippen molar-refractivity contribution >= 4 is 0 Å². The van der Waals surface area contributed by atoms with Crippen LogP contribution in [0.5, 0.6) is 0 Å².